The molecule has 0 atom stereocenters. The predicted octanol–water partition coefficient (Wildman–Crippen LogP) is 4.43. The summed E-state index contributed by atoms with van der Waals surface area (Å²) in [4.78, 5) is 30.4. The summed E-state index contributed by atoms with van der Waals surface area (Å²) in [5, 5.41) is 2.87. The lowest BCUT2D eigenvalue weighted by Gasteiger charge is -2.18. The van der Waals surface area contributed by atoms with E-state index in [-0.39, 0.29) is 23.9 Å². The van der Waals surface area contributed by atoms with Crippen molar-refractivity contribution < 1.29 is 22.8 Å². The van der Waals surface area contributed by atoms with E-state index in [4.69, 9.17) is 0 Å². The van der Waals surface area contributed by atoms with Crippen LogP contribution in [0.2, 0.25) is 0 Å². The van der Waals surface area contributed by atoms with E-state index >= 15 is 0 Å². The fourth-order valence-electron chi connectivity index (χ4n) is 3.04. The lowest BCUT2D eigenvalue weighted by atomic mass is 10.1. The number of thioether (sulfide) groups is 1. The molecule has 168 valence electrons. The standard InChI is InChI=1S/C22H21F3N4O2S/c1-3-12-29-18-11-7-6-10-17(18)27-21(29)32-14-20(31)28(2)13-19(30)26-16-9-5-4-8-15(16)22(23,24)25/h3-11H,1,12-14H2,2H3,(H,26,30). The number of carbonyl (C=O) groups is 2. The number of amides is 2. The fourth-order valence-corrected chi connectivity index (χ4v) is 4.00. The maximum atomic E-state index is 13.1. The highest BCUT2D eigenvalue weighted by molar-refractivity contribution is 7.99. The molecule has 1 N–H and O–H groups in total. The lowest BCUT2D eigenvalue weighted by molar-refractivity contribution is -0.137. The van der Waals surface area contributed by atoms with E-state index in [1.807, 2.05) is 28.8 Å². The highest BCUT2D eigenvalue weighted by Gasteiger charge is 2.33. The minimum Gasteiger partial charge on any atom is -0.336 e. The number of nitrogens with zero attached hydrogens (tertiary/aromatic N) is 3. The van der Waals surface area contributed by atoms with Crippen LogP contribution in [0.1, 0.15) is 5.56 Å². The summed E-state index contributed by atoms with van der Waals surface area (Å²) >= 11 is 1.22. The molecule has 0 aliphatic carbocycles. The second kappa shape index (κ2) is 9.90. The van der Waals surface area contributed by atoms with Crippen molar-refractivity contribution in [3.05, 3.63) is 66.7 Å². The number of carbonyl (C=O) groups excluding carboxylic acids is 2. The first-order chi connectivity index (χ1) is 15.2. The maximum Gasteiger partial charge on any atom is 0.418 e. The second-order valence-electron chi connectivity index (χ2n) is 6.91. The van der Waals surface area contributed by atoms with E-state index < -0.39 is 17.6 Å². The smallest absolute Gasteiger partial charge is 0.336 e. The highest BCUT2D eigenvalue weighted by atomic mass is 32.2. The third-order valence-electron chi connectivity index (χ3n) is 4.57. The third kappa shape index (κ3) is 5.50. The molecule has 0 unspecified atom stereocenters. The van der Waals surface area contributed by atoms with Crippen molar-refractivity contribution in [3.8, 4) is 0 Å². The largest absolute Gasteiger partial charge is 0.418 e. The molecule has 2 amide bonds. The predicted molar refractivity (Wildman–Crippen MR) is 118 cm³/mol. The summed E-state index contributed by atoms with van der Waals surface area (Å²) in [6, 6.07) is 12.3. The molecule has 6 nitrogen and oxygen atoms in total. The van der Waals surface area contributed by atoms with Crippen molar-refractivity contribution in [2.24, 2.45) is 0 Å². The molecule has 1 heterocycles. The number of halogens is 3. The number of rotatable bonds is 8. The summed E-state index contributed by atoms with van der Waals surface area (Å²) in [5.74, 6) is -1.06. The molecule has 1 aromatic heterocycles. The molecule has 3 rings (SSSR count). The molecule has 3 aromatic rings. The zero-order valence-electron chi connectivity index (χ0n) is 17.2. The Morgan fingerprint density at radius 2 is 1.88 bits per heavy atom. The van der Waals surface area contributed by atoms with Gasteiger partial charge in [0.2, 0.25) is 11.8 Å². The van der Waals surface area contributed by atoms with Gasteiger partial charge in [-0.2, -0.15) is 13.2 Å². The second-order valence-corrected chi connectivity index (χ2v) is 7.85. The van der Waals surface area contributed by atoms with Crippen LogP contribution in [-0.2, 0) is 22.3 Å². The van der Waals surface area contributed by atoms with Gasteiger partial charge in [-0.05, 0) is 24.3 Å². The Morgan fingerprint density at radius 1 is 1.19 bits per heavy atom. The zero-order chi connectivity index (χ0) is 23.3. The number of aromatic nitrogens is 2. The van der Waals surface area contributed by atoms with Crippen LogP contribution in [0.5, 0.6) is 0 Å². The number of hydrogen-bond donors (Lipinski definition) is 1. The van der Waals surface area contributed by atoms with Crippen LogP contribution >= 0.6 is 11.8 Å². The van der Waals surface area contributed by atoms with Crippen molar-refractivity contribution in [3.63, 3.8) is 0 Å². The van der Waals surface area contributed by atoms with E-state index in [1.54, 1.807) is 6.08 Å². The summed E-state index contributed by atoms with van der Waals surface area (Å²) < 4.78 is 41.2. The van der Waals surface area contributed by atoms with Crippen molar-refractivity contribution in [2.45, 2.75) is 17.9 Å². The minimum absolute atomic E-state index is 0.0172. The van der Waals surface area contributed by atoms with Gasteiger partial charge in [0.25, 0.3) is 0 Å². The Hall–Kier alpha value is -3.27. The number of para-hydroxylation sites is 3. The SMILES string of the molecule is C=CCn1c(SCC(=O)N(C)CC(=O)Nc2ccccc2C(F)(F)F)nc2ccccc21. The number of fused-ring (bicyclic) bond motifs is 1. The van der Waals surface area contributed by atoms with Gasteiger partial charge in [0.15, 0.2) is 5.16 Å². The number of allylic oxidation sites excluding steroid dienone is 1. The summed E-state index contributed by atoms with van der Waals surface area (Å²) in [7, 11) is 1.42. The van der Waals surface area contributed by atoms with E-state index in [2.05, 4.69) is 16.9 Å². The molecule has 32 heavy (non-hydrogen) atoms. The molecule has 0 fully saturated rings. The van der Waals surface area contributed by atoms with Crippen molar-refractivity contribution >= 4 is 40.3 Å². The molecule has 0 saturated heterocycles. The van der Waals surface area contributed by atoms with Gasteiger partial charge in [-0.25, -0.2) is 4.98 Å². The van der Waals surface area contributed by atoms with E-state index in [0.29, 0.717) is 11.7 Å². The van der Waals surface area contributed by atoms with Crippen LogP contribution in [0.15, 0.2) is 66.3 Å². The third-order valence-corrected chi connectivity index (χ3v) is 5.53. The number of hydrogen-bond acceptors (Lipinski definition) is 4. The Balaban J connectivity index is 1.61. The van der Waals surface area contributed by atoms with Gasteiger partial charge in [0, 0.05) is 13.6 Å². The van der Waals surface area contributed by atoms with E-state index in [9.17, 15) is 22.8 Å². The lowest BCUT2D eigenvalue weighted by Crippen LogP contribution is -2.36. The molecule has 0 aliphatic rings. The van der Waals surface area contributed by atoms with E-state index in [0.717, 1.165) is 17.1 Å². The maximum absolute atomic E-state index is 13.1. The normalized spacial score (nSPS) is 11.4. The molecule has 0 saturated carbocycles. The van der Waals surface area contributed by atoms with Gasteiger partial charge in [-0.3, -0.25) is 9.59 Å². The average Bonchev–Trinajstić information content (AvgIpc) is 3.09. The van der Waals surface area contributed by atoms with Crippen LogP contribution in [-0.4, -0.2) is 45.6 Å². The Morgan fingerprint density at radius 3 is 2.59 bits per heavy atom. The van der Waals surface area contributed by atoms with Crippen molar-refractivity contribution in [2.75, 3.05) is 24.7 Å². The van der Waals surface area contributed by atoms with Crippen LogP contribution in [0.3, 0.4) is 0 Å². The van der Waals surface area contributed by atoms with Gasteiger partial charge < -0.3 is 14.8 Å². The van der Waals surface area contributed by atoms with Gasteiger partial charge in [0.1, 0.15) is 0 Å². The molecular formula is C22H21F3N4O2S. The Kier molecular flexibility index (Phi) is 7.24. The monoisotopic (exact) mass is 462 g/mol. The number of likely N-dealkylation sites (N-methyl/N-ethyl adjacent to an activating group) is 1. The average molecular weight is 462 g/mol. The van der Waals surface area contributed by atoms with Crippen molar-refractivity contribution in [1.82, 2.24) is 14.5 Å². The summed E-state index contributed by atoms with van der Waals surface area (Å²) in [6.07, 6.45) is -2.87. The van der Waals surface area contributed by atoms with Gasteiger partial charge in [0.05, 0.1) is 34.6 Å². The molecule has 2 aromatic carbocycles. The number of alkyl halides is 3. The topological polar surface area (TPSA) is 67.2 Å². The Bertz CT molecular complexity index is 1140. The van der Waals surface area contributed by atoms with Crippen LogP contribution < -0.4 is 5.32 Å². The van der Waals surface area contributed by atoms with Crippen LogP contribution in [0, 0.1) is 0 Å². The van der Waals surface area contributed by atoms with Gasteiger partial charge >= 0.3 is 6.18 Å². The minimum atomic E-state index is -4.60. The first-order valence-corrected chi connectivity index (χ1v) is 10.6. The molecule has 10 heteroatoms. The Labute approximate surface area is 187 Å². The number of anilines is 1. The summed E-state index contributed by atoms with van der Waals surface area (Å²) in [6.45, 7) is 3.89. The quantitative estimate of drug-likeness (QED) is 0.397. The summed E-state index contributed by atoms with van der Waals surface area (Å²) in [5.41, 5.74) is 0.413. The first kappa shape index (κ1) is 23.4. The fraction of sp³-hybridized carbons (Fsp3) is 0.227. The molecule has 0 aliphatic heterocycles. The highest BCUT2D eigenvalue weighted by Crippen LogP contribution is 2.34. The zero-order valence-corrected chi connectivity index (χ0v) is 18.0. The van der Waals surface area contributed by atoms with Crippen LogP contribution in [0.25, 0.3) is 11.0 Å². The molecule has 0 spiro atoms. The van der Waals surface area contributed by atoms with Crippen molar-refractivity contribution in [1.29, 1.82) is 0 Å². The molecule has 0 radical (unpaired) electrons. The van der Waals surface area contributed by atoms with Gasteiger partial charge in [-0.15, -0.1) is 6.58 Å². The molecule has 0 bridgehead atoms. The first-order valence-electron chi connectivity index (χ1n) is 9.59. The van der Waals surface area contributed by atoms with E-state index in [1.165, 1.54) is 41.9 Å². The number of benzene rings is 2. The number of imidazole rings is 1. The van der Waals surface area contributed by atoms with Crippen LogP contribution in [0.4, 0.5) is 18.9 Å². The number of nitrogens with one attached hydrogen (secondary N) is 1. The van der Waals surface area contributed by atoms with Gasteiger partial charge in [-0.1, -0.05) is 42.1 Å². The molecular weight excluding hydrogens is 441 g/mol.